The smallest absolute Gasteiger partial charge is 0.339 e. The molecule has 3 nitrogen and oxygen atoms in total. The number of fused-ring (bicyclic) bond motifs is 3. The molecule has 4 rings (SSSR count). The second-order valence-electron chi connectivity index (χ2n) is 5.79. The molecule has 1 heterocycles. The van der Waals surface area contributed by atoms with Gasteiger partial charge in [0.15, 0.2) is 0 Å². The van der Waals surface area contributed by atoms with Crippen LogP contribution >= 0.6 is 0 Å². The Balaban J connectivity index is 2.01. The summed E-state index contributed by atoms with van der Waals surface area (Å²) in [6.07, 6.45) is 3.75. The number of rotatable bonds is 1. The Morgan fingerprint density at radius 2 is 1.68 bits per heavy atom. The van der Waals surface area contributed by atoms with E-state index in [1.54, 1.807) is 12.1 Å². The predicted molar refractivity (Wildman–Crippen MR) is 86.2 cm³/mol. The topological polar surface area (TPSA) is 50.4 Å². The van der Waals surface area contributed by atoms with Gasteiger partial charge in [0.05, 0.1) is 0 Å². The highest BCUT2D eigenvalue weighted by Gasteiger charge is 2.19. The second kappa shape index (κ2) is 5.02. The molecule has 22 heavy (non-hydrogen) atoms. The summed E-state index contributed by atoms with van der Waals surface area (Å²) < 4.78 is 5.51. The molecular weight excluding hydrogens is 276 g/mol. The van der Waals surface area contributed by atoms with Gasteiger partial charge in [0, 0.05) is 16.5 Å². The van der Waals surface area contributed by atoms with E-state index in [2.05, 4.69) is 0 Å². The number of phenolic OH excluding ortho intramolecular Hbond substituents is 1. The van der Waals surface area contributed by atoms with Gasteiger partial charge in [0.25, 0.3) is 0 Å². The average molecular weight is 292 g/mol. The van der Waals surface area contributed by atoms with Crippen LogP contribution in [0.1, 0.15) is 24.0 Å². The van der Waals surface area contributed by atoms with Gasteiger partial charge in [-0.1, -0.05) is 30.3 Å². The van der Waals surface area contributed by atoms with Gasteiger partial charge in [-0.15, -0.1) is 0 Å². The van der Waals surface area contributed by atoms with Gasteiger partial charge < -0.3 is 9.52 Å². The molecule has 1 aliphatic rings. The summed E-state index contributed by atoms with van der Waals surface area (Å²) >= 11 is 0. The molecule has 0 saturated heterocycles. The van der Waals surface area contributed by atoms with E-state index in [1.165, 1.54) is 0 Å². The predicted octanol–water partition coefficient (Wildman–Crippen LogP) is 4.04. The summed E-state index contributed by atoms with van der Waals surface area (Å²) in [4.78, 5) is 12.2. The summed E-state index contributed by atoms with van der Waals surface area (Å²) in [6, 6.07) is 13.1. The Bertz CT molecular complexity index is 907. The number of benzene rings is 2. The Labute approximate surface area is 127 Å². The maximum absolute atomic E-state index is 12.2. The van der Waals surface area contributed by atoms with E-state index in [0.29, 0.717) is 11.1 Å². The lowest BCUT2D eigenvalue weighted by Crippen LogP contribution is -2.15. The van der Waals surface area contributed by atoms with Gasteiger partial charge >= 0.3 is 5.63 Å². The van der Waals surface area contributed by atoms with Crippen molar-refractivity contribution in [1.82, 2.24) is 0 Å². The summed E-state index contributed by atoms with van der Waals surface area (Å²) in [5.74, 6) is 0.223. The fourth-order valence-electron chi connectivity index (χ4n) is 3.33. The number of hydrogen-bond acceptors (Lipinski definition) is 3. The van der Waals surface area contributed by atoms with Crippen LogP contribution < -0.4 is 5.63 Å². The highest BCUT2D eigenvalue weighted by Crippen LogP contribution is 2.36. The minimum atomic E-state index is -0.230. The summed E-state index contributed by atoms with van der Waals surface area (Å²) in [6.45, 7) is 0. The molecule has 0 spiro atoms. The van der Waals surface area contributed by atoms with Crippen molar-refractivity contribution in [3.63, 3.8) is 0 Å². The maximum atomic E-state index is 12.2. The fourth-order valence-corrected chi connectivity index (χ4v) is 3.33. The van der Waals surface area contributed by atoms with Gasteiger partial charge in [-0.25, -0.2) is 4.79 Å². The molecular formula is C19H16O3. The van der Waals surface area contributed by atoms with Crippen LogP contribution in [0.25, 0.3) is 22.1 Å². The van der Waals surface area contributed by atoms with Crippen molar-refractivity contribution >= 4 is 11.0 Å². The van der Waals surface area contributed by atoms with Gasteiger partial charge in [-0.2, -0.15) is 0 Å². The highest BCUT2D eigenvalue weighted by atomic mass is 16.4. The van der Waals surface area contributed by atoms with Crippen molar-refractivity contribution in [2.24, 2.45) is 0 Å². The molecule has 0 unspecified atom stereocenters. The minimum absolute atomic E-state index is 0.223. The van der Waals surface area contributed by atoms with E-state index in [0.717, 1.165) is 47.8 Å². The van der Waals surface area contributed by atoms with Gasteiger partial charge in [-0.3, -0.25) is 0 Å². The standard InChI is InChI=1S/C19H16O3/c20-17-10-16-13-8-4-5-9-14(13)19(21)22-18(16)11-15(17)12-6-2-1-3-7-12/h1-3,6-7,10-11,20H,4-5,8-9H2. The summed E-state index contributed by atoms with van der Waals surface area (Å²) in [5, 5.41) is 11.3. The molecule has 1 aliphatic carbocycles. The van der Waals surface area contributed by atoms with Gasteiger partial charge in [0.2, 0.25) is 0 Å². The monoisotopic (exact) mass is 292 g/mol. The van der Waals surface area contributed by atoms with E-state index in [4.69, 9.17) is 4.42 Å². The third-order valence-corrected chi connectivity index (χ3v) is 4.42. The lowest BCUT2D eigenvalue weighted by atomic mass is 9.90. The van der Waals surface area contributed by atoms with E-state index in [-0.39, 0.29) is 11.4 Å². The van der Waals surface area contributed by atoms with Crippen LogP contribution in [0.2, 0.25) is 0 Å². The molecule has 0 radical (unpaired) electrons. The van der Waals surface area contributed by atoms with Crippen molar-refractivity contribution in [2.75, 3.05) is 0 Å². The molecule has 2 aromatic carbocycles. The van der Waals surface area contributed by atoms with E-state index < -0.39 is 0 Å². The second-order valence-corrected chi connectivity index (χ2v) is 5.79. The summed E-state index contributed by atoms with van der Waals surface area (Å²) in [7, 11) is 0. The number of phenols is 1. The molecule has 1 N–H and O–H groups in total. The molecule has 0 saturated carbocycles. The fraction of sp³-hybridized carbons (Fsp3) is 0.211. The molecule has 0 aliphatic heterocycles. The highest BCUT2D eigenvalue weighted by molar-refractivity contribution is 5.89. The first kappa shape index (κ1) is 13.1. The Kier molecular flexibility index (Phi) is 3.00. The van der Waals surface area contributed by atoms with Gasteiger partial charge in [0.1, 0.15) is 11.3 Å². The lowest BCUT2D eigenvalue weighted by Gasteiger charge is -2.17. The van der Waals surface area contributed by atoms with Crippen LogP contribution in [0.5, 0.6) is 5.75 Å². The first-order chi connectivity index (χ1) is 10.7. The third-order valence-electron chi connectivity index (χ3n) is 4.42. The minimum Gasteiger partial charge on any atom is -0.507 e. The van der Waals surface area contributed by atoms with Crippen LogP contribution in [-0.4, -0.2) is 5.11 Å². The van der Waals surface area contributed by atoms with Crippen molar-refractivity contribution in [1.29, 1.82) is 0 Å². The molecule has 3 aromatic rings. The van der Waals surface area contributed by atoms with Gasteiger partial charge in [-0.05, 0) is 48.9 Å². The third kappa shape index (κ3) is 2.01. The zero-order valence-electron chi connectivity index (χ0n) is 12.1. The Hall–Kier alpha value is -2.55. The van der Waals surface area contributed by atoms with Crippen molar-refractivity contribution in [3.05, 3.63) is 64.0 Å². The molecule has 3 heteroatoms. The Morgan fingerprint density at radius 3 is 2.45 bits per heavy atom. The summed E-state index contributed by atoms with van der Waals surface area (Å²) in [5.41, 5.74) is 3.75. The normalized spacial score (nSPS) is 14.0. The number of aromatic hydroxyl groups is 1. The molecule has 0 bridgehead atoms. The first-order valence-corrected chi connectivity index (χ1v) is 7.61. The van der Waals surface area contributed by atoms with Crippen molar-refractivity contribution < 1.29 is 9.52 Å². The molecule has 1 aromatic heterocycles. The zero-order valence-corrected chi connectivity index (χ0v) is 12.1. The molecule has 0 fully saturated rings. The van der Waals surface area contributed by atoms with Crippen LogP contribution in [0.3, 0.4) is 0 Å². The van der Waals surface area contributed by atoms with Crippen LogP contribution in [0.4, 0.5) is 0 Å². The van der Waals surface area contributed by atoms with E-state index in [1.807, 2.05) is 30.3 Å². The quantitative estimate of drug-likeness (QED) is 0.688. The largest absolute Gasteiger partial charge is 0.507 e. The van der Waals surface area contributed by atoms with E-state index >= 15 is 0 Å². The van der Waals surface area contributed by atoms with Crippen LogP contribution in [0.15, 0.2) is 51.7 Å². The number of hydrogen-bond donors (Lipinski definition) is 1. The first-order valence-electron chi connectivity index (χ1n) is 7.61. The molecule has 110 valence electrons. The lowest BCUT2D eigenvalue weighted by molar-refractivity contribution is 0.476. The maximum Gasteiger partial charge on any atom is 0.339 e. The number of aryl methyl sites for hydroxylation is 1. The average Bonchev–Trinajstić information content (AvgIpc) is 2.56. The van der Waals surface area contributed by atoms with Crippen molar-refractivity contribution in [3.8, 4) is 16.9 Å². The zero-order chi connectivity index (χ0) is 15.1. The Morgan fingerprint density at radius 1 is 0.955 bits per heavy atom. The van der Waals surface area contributed by atoms with E-state index in [9.17, 15) is 9.90 Å². The van der Waals surface area contributed by atoms with Crippen molar-refractivity contribution in [2.45, 2.75) is 25.7 Å². The molecule has 0 atom stereocenters. The molecule has 0 amide bonds. The SMILES string of the molecule is O=c1oc2cc(-c3ccccc3)c(O)cc2c2c1CCCC2. The van der Waals surface area contributed by atoms with Crippen LogP contribution in [0, 0.1) is 0 Å². The van der Waals surface area contributed by atoms with Crippen LogP contribution in [-0.2, 0) is 12.8 Å².